The van der Waals surface area contributed by atoms with E-state index in [1.807, 2.05) is 25.1 Å². The van der Waals surface area contributed by atoms with E-state index in [2.05, 4.69) is 43.3 Å². The molecule has 5 nitrogen and oxygen atoms in total. The third-order valence-electron chi connectivity index (χ3n) is 5.92. The lowest BCUT2D eigenvalue weighted by Gasteiger charge is -2.22. The number of amides is 1. The molecule has 1 heterocycles. The highest BCUT2D eigenvalue weighted by Crippen LogP contribution is 2.50. The van der Waals surface area contributed by atoms with Crippen molar-refractivity contribution < 1.29 is 15.0 Å². The van der Waals surface area contributed by atoms with E-state index in [0.717, 1.165) is 27.9 Å². The first kappa shape index (κ1) is 20.1. The predicted molar refractivity (Wildman–Crippen MR) is 121 cm³/mol. The van der Waals surface area contributed by atoms with Gasteiger partial charge in [0.1, 0.15) is 0 Å². The number of rotatable bonds is 4. The number of nitrogens with one attached hydrogen (secondary N) is 1. The van der Waals surface area contributed by atoms with Gasteiger partial charge in [-0.1, -0.05) is 33.4 Å². The first-order valence-corrected chi connectivity index (χ1v) is 10.2. The molecule has 0 aliphatic heterocycles. The van der Waals surface area contributed by atoms with Crippen LogP contribution in [0.3, 0.4) is 0 Å². The van der Waals surface area contributed by atoms with Gasteiger partial charge < -0.3 is 20.1 Å². The SMILES string of the molecule is C=C(C)n1c(C(C)(C)C)cc2cc(NC(=O)C3(c4ccc(O)c(O)c4)CC3)ccc21. The molecule has 1 fully saturated rings. The van der Waals surface area contributed by atoms with E-state index in [-0.39, 0.29) is 22.8 Å². The number of phenols is 2. The zero-order valence-electron chi connectivity index (χ0n) is 17.9. The number of nitrogens with zero attached hydrogens (tertiary/aromatic N) is 1. The number of carbonyl (C=O) groups is 1. The van der Waals surface area contributed by atoms with Crippen molar-refractivity contribution in [3.05, 3.63) is 60.3 Å². The molecule has 30 heavy (non-hydrogen) atoms. The number of aromatic nitrogens is 1. The maximum atomic E-state index is 13.1. The maximum Gasteiger partial charge on any atom is 0.235 e. The van der Waals surface area contributed by atoms with Gasteiger partial charge in [-0.2, -0.15) is 0 Å². The number of hydrogen-bond donors (Lipinski definition) is 3. The highest BCUT2D eigenvalue weighted by molar-refractivity contribution is 6.02. The highest BCUT2D eigenvalue weighted by Gasteiger charge is 2.51. The average Bonchev–Trinajstić information content (AvgIpc) is 3.37. The van der Waals surface area contributed by atoms with Gasteiger partial charge in [0.25, 0.3) is 0 Å². The predicted octanol–water partition coefficient (Wildman–Crippen LogP) is 5.51. The molecule has 0 spiro atoms. The molecule has 1 aliphatic rings. The molecule has 156 valence electrons. The second kappa shape index (κ2) is 6.66. The summed E-state index contributed by atoms with van der Waals surface area (Å²) in [6.07, 6.45) is 1.43. The van der Waals surface area contributed by atoms with Gasteiger partial charge in [0.15, 0.2) is 11.5 Å². The normalized spacial score (nSPS) is 15.2. The van der Waals surface area contributed by atoms with Gasteiger partial charge >= 0.3 is 0 Å². The van der Waals surface area contributed by atoms with Crippen LogP contribution in [-0.4, -0.2) is 20.7 Å². The first-order chi connectivity index (χ1) is 14.0. The van der Waals surface area contributed by atoms with Crippen molar-refractivity contribution in [2.75, 3.05) is 5.32 Å². The van der Waals surface area contributed by atoms with E-state index in [1.165, 1.54) is 17.8 Å². The van der Waals surface area contributed by atoms with Gasteiger partial charge in [-0.15, -0.1) is 0 Å². The summed E-state index contributed by atoms with van der Waals surface area (Å²) in [6.45, 7) is 12.7. The number of carbonyl (C=O) groups excluding carboxylic acids is 1. The van der Waals surface area contributed by atoms with E-state index in [9.17, 15) is 15.0 Å². The molecule has 2 aromatic carbocycles. The number of anilines is 1. The summed E-state index contributed by atoms with van der Waals surface area (Å²) >= 11 is 0. The molecular formula is C25H28N2O3. The van der Waals surface area contributed by atoms with Crippen molar-refractivity contribution in [3.63, 3.8) is 0 Å². The van der Waals surface area contributed by atoms with Crippen molar-refractivity contribution in [2.45, 2.75) is 51.4 Å². The van der Waals surface area contributed by atoms with Crippen LogP contribution in [0.25, 0.3) is 16.6 Å². The van der Waals surface area contributed by atoms with Crippen molar-refractivity contribution in [3.8, 4) is 11.5 Å². The summed E-state index contributed by atoms with van der Waals surface area (Å²) in [5.74, 6) is -0.483. The Balaban J connectivity index is 1.67. The fraction of sp³-hybridized carbons (Fsp3) is 0.320. The second-order valence-electron chi connectivity index (χ2n) is 9.36. The first-order valence-electron chi connectivity index (χ1n) is 10.2. The van der Waals surface area contributed by atoms with Gasteiger partial charge in [-0.3, -0.25) is 4.79 Å². The zero-order valence-corrected chi connectivity index (χ0v) is 17.9. The number of allylic oxidation sites excluding steroid dienone is 1. The summed E-state index contributed by atoms with van der Waals surface area (Å²) in [5, 5.41) is 23.5. The minimum atomic E-state index is -0.652. The molecule has 1 aliphatic carbocycles. The van der Waals surface area contributed by atoms with Crippen LogP contribution in [0.15, 0.2) is 49.0 Å². The lowest BCUT2D eigenvalue weighted by Crippen LogP contribution is -2.27. The number of phenolic OH excluding ortho intramolecular Hbond substituents is 2. The van der Waals surface area contributed by atoms with Gasteiger partial charge in [0.05, 0.1) is 10.9 Å². The van der Waals surface area contributed by atoms with E-state index < -0.39 is 5.41 Å². The zero-order chi connectivity index (χ0) is 21.8. The number of fused-ring (bicyclic) bond motifs is 1. The van der Waals surface area contributed by atoms with Crippen LogP contribution in [0.4, 0.5) is 5.69 Å². The van der Waals surface area contributed by atoms with Gasteiger partial charge in [-0.05, 0) is 61.7 Å². The Hall–Kier alpha value is -3.21. The van der Waals surface area contributed by atoms with E-state index in [1.54, 1.807) is 6.07 Å². The largest absolute Gasteiger partial charge is 0.504 e. The molecule has 1 saturated carbocycles. The van der Waals surface area contributed by atoms with Crippen molar-refractivity contribution >= 4 is 28.2 Å². The highest BCUT2D eigenvalue weighted by atomic mass is 16.3. The quantitative estimate of drug-likeness (QED) is 0.502. The summed E-state index contributed by atoms with van der Waals surface area (Å²) in [7, 11) is 0. The molecule has 0 saturated heterocycles. The third-order valence-corrected chi connectivity index (χ3v) is 5.92. The minimum Gasteiger partial charge on any atom is -0.504 e. The summed E-state index contributed by atoms with van der Waals surface area (Å²) in [5.41, 5.74) is 3.96. The van der Waals surface area contributed by atoms with Crippen LogP contribution in [0.5, 0.6) is 11.5 Å². The molecule has 3 aromatic rings. The standard InChI is InChI=1S/C25H28N2O3/c1-15(2)27-19-8-7-18(12-16(19)13-22(27)24(3,4)5)26-23(30)25(10-11-25)17-6-9-20(28)21(29)14-17/h6-9,12-14,28-29H,1,10-11H2,2-5H3,(H,26,30). The lowest BCUT2D eigenvalue weighted by molar-refractivity contribution is -0.118. The van der Waals surface area contributed by atoms with E-state index in [0.29, 0.717) is 12.8 Å². The van der Waals surface area contributed by atoms with Gasteiger partial charge in [0.2, 0.25) is 5.91 Å². The van der Waals surface area contributed by atoms with Crippen molar-refractivity contribution in [1.29, 1.82) is 0 Å². The third kappa shape index (κ3) is 3.24. The molecule has 1 amide bonds. The second-order valence-corrected chi connectivity index (χ2v) is 9.36. The monoisotopic (exact) mass is 404 g/mol. The van der Waals surface area contributed by atoms with Crippen molar-refractivity contribution in [1.82, 2.24) is 4.57 Å². The fourth-order valence-corrected chi connectivity index (χ4v) is 4.10. The molecule has 0 radical (unpaired) electrons. The number of hydrogen-bond acceptors (Lipinski definition) is 3. The topological polar surface area (TPSA) is 74.5 Å². The maximum absolute atomic E-state index is 13.1. The van der Waals surface area contributed by atoms with Crippen LogP contribution in [0, 0.1) is 0 Å². The number of benzene rings is 2. The Bertz CT molecular complexity index is 1180. The molecule has 1 aromatic heterocycles. The molecule has 0 atom stereocenters. The van der Waals surface area contributed by atoms with Crippen LogP contribution >= 0.6 is 0 Å². The molecule has 5 heteroatoms. The Labute approximate surface area is 176 Å². The smallest absolute Gasteiger partial charge is 0.235 e. The lowest BCUT2D eigenvalue weighted by atomic mass is 9.92. The van der Waals surface area contributed by atoms with Gasteiger partial charge in [0, 0.05) is 27.9 Å². The van der Waals surface area contributed by atoms with E-state index >= 15 is 0 Å². The molecular weight excluding hydrogens is 376 g/mol. The Morgan fingerprint density at radius 1 is 1.07 bits per heavy atom. The fourth-order valence-electron chi connectivity index (χ4n) is 4.10. The van der Waals surface area contributed by atoms with Crippen LogP contribution in [0.1, 0.15) is 51.8 Å². The molecule has 4 rings (SSSR count). The van der Waals surface area contributed by atoms with Crippen LogP contribution < -0.4 is 5.32 Å². The minimum absolute atomic E-state index is 0.0413. The number of aromatic hydroxyl groups is 2. The summed E-state index contributed by atoms with van der Waals surface area (Å²) in [6, 6.07) is 12.7. The van der Waals surface area contributed by atoms with Gasteiger partial charge in [-0.25, -0.2) is 0 Å². The Morgan fingerprint density at radius 3 is 2.33 bits per heavy atom. The Morgan fingerprint density at radius 2 is 1.77 bits per heavy atom. The molecule has 0 unspecified atom stereocenters. The Kier molecular flexibility index (Phi) is 4.46. The van der Waals surface area contributed by atoms with Crippen LogP contribution in [-0.2, 0) is 15.6 Å². The summed E-state index contributed by atoms with van der Waals surface area (Å²) < 4.78 is 2.17. The average molecular weight is 405 g/mol. The molecule has 3 N–H and O–H groups in total. The van der Waals surface area contributed by atoms with Crippen molar-refractivity contribution in [2.24, 2.45) is 0 Å². The van der Waals surface area contributed by atoms with Crippen LogP contribution in [0.2, 0.25) is 0 Å². The van der Waals surface area contributed by atoms with E-state index in [4.69, 9.17) is 0 Å². The molecule has 0 bridgehead atoms. The summed E-state index contributed by atoms with van der Waals surface area (Å²) in [4.78, 5) is 13.1.